The highest BCUT2D eigenvalue weighted by Crippen LogP contribution is 2.42. The monoisotopic (exact) mass is 686 g/mol. The maximum Gasteiger partial charge on any atom is 0.238 e. The molecule has 0 atom stereocenters. The van der Waals surface area contributed by atoms with Crippen LogP contribution in [0, 0.1) is 0 Å². The smallest absolute Gasteiger partial charge is 0.238 e. The van der Waals surface area contributed by atoms with Crippen LogP contribution in [0.15, 0.2) is 162 Å². The summed E-state index contributed by atoms with van der Waals surface area (Å²) in [6.45, 7) is 0. The fourth-order valence-corrected chi connectivity index (χ4v) is 7.56. The lowest BCUT2D eigenvalue weighted by atomic mass is 10.0. The SMILES string of the molecule is [2H]c1c([2H])c([2H])c(-c2c([2H])c([2H])c(-c3nc(-c4c([2H])c([2H])c([2H])c5sc6c([2H])c([2H])c([2H])c([2H])c6c45)nc(-n4c5ccccc5c5c6oc7ccccc7c6ccc54)n3)c([2H])c2[2H])c([2H])c1[2H]. The molecule has 0 aliphatic rings. The standard InChI is InChI=1S/C45H26N4OS/c1-2-11-27(12-3-1)28-21-23-29(24-22-28)43-46-44(34-16-10-20-39-40(34)33-15-6-9-19-38(33)51-39)48-45(47-43)49-35-17-7-4-14-32(35)41-36(49)26-25-31-30-13-5-8-18-37(30)50-42(31)41/h1-26H/i1D,2D,3D,6D,9D,10D,11D,12D,15D,16D,19D,20D,21D,22D,23D,24D. The molecule has 51 heavy (non-hydrogen) atoms. The van der Waals surface area contributed by atoms with E-state index in [1.165, 1.54) is 0 Å². The van der Waals surface area contributed by atoms with Crippen LogP contribution in [0.25, 0.3) is 104 Å². The van der Waals surface area contributed by atoms with E-state index >= 15 is 0 Å². The molecule has 0 aliphatic heterocycles. The van der Waals surface area contributed by atoms with E-state index in [9.17, 15) is 6.85 Å². The van der Waals surface area contributed by atoms with E-state index < -0.39 is 119 Å². The van der Waals surface area contributed by atoms with Crippen LogP contribution in [0.1, 0.15) is 21.9 Å². The van der Waals surface area contributed by atoms with Crippen molar-refractivity contribution in [2.45, 2.75) is 0 Å². The van der Waals surface area contributed by atoms with E-state index in [-0.39, 0.29) is 37.5 Å². The normalized spacial score (nSPS) is 16.3. The summed E-state index contributed by atoms with van der Waals surface area (Å²) in [5, 5.41) is 2.97. The van der Waals surface area contributed by atoms with Crippen LogP contribution in [-0.2, 0) is 0 Å². The molecular weight excluding hydrogens is 645 g/mol. The van der Waals surface area contributed by atoms with Gasteiger partial charge in [0.15, 0.2) is 11.6 Å². The van der Waals surface area contributed by atoms with Gasteiger partial charge in [0.1, 0.15) is 11.2 Å². The largest absolute Gasteiger partial charge is 0.455 e. The van der Waals surface area contributed by atoms with Gasteiger partial charge in [0, 0.05) is 47.5 Å². The number of fused-ring (bicyclic) bond motifs is 10. The number of para-hydroxylation sites is 2. The Hall–Kier alpha value is -6.63. The highest BCUT2D eigenvalue weighted by Gasteiger charge is 2.22. The predicted molar refractivity (Wildman–Crippen MR) is 211 cm³/mol. The van der Waals surface area contributed by atoms with E-state index in [4.69, 9.17) is 34.4 Å². The van der Waals surface area contributed by atoms with Crippen molar-refractivity contribution in [1.29, 1.82) is 0 Å². The molecule has 0 bridgehead atoms. The molecule has 0 N–H and O–H groups in total. The van der Waals surface area contributed by atoms with Gasteiger partial charge in [-0.15, -0.1) is 11.3 Å². The zero-order valence-corrected chi connectivity index (χ0v) is 26.7. The first-order chi connectivity index (χ1) is 31.9. The van der Waals surface area contributed by atoms with E-state index in [1.807, 2.05) is 48.5 Å². The lowest BCUT2D eigenvalue weighted by Gasteiger charge is -2.12. The number of hydrogen-bond acceptors (Lipinski definition) is 5. The van der Waals surface area contributed by atoms with E-state index in [0.29, 0.717) is 33.0 Å². The highest BCUT2D eigenvalue weighted by atomic mass is 32.1. The molecule has 4 heterocycles. The molecule has 7 aromatic carbocycles. The van der Waals surface area contributed by atoms with Crippen LogP contribution in [0.4, 0.5) is 0 Å². The van der Waals surface area contributed by atoms with Gasteiger partial charge in [0.2, 0.25) is 5.95 Å². The quantitative estimate of drug-likeness (QED) is 0.185. The Balaban J connectivity index is 1.30. The first-order valence-corrected chi connectivity index (χ1v) is 16.5. The number of benzene rings is 7. The van der Waals surface area contributed by atoms with E-state index in [0.717, 1.165) is 22.1 Å². The maximum absolute atomic E-state index is 9.35. The summed E-state index contributed by atoms with van der Waals surface area (Å²) in [6, 6.07) is 8.20. The minimum absolute atomic E-state index is 0.0246. The van der Waals surface area contributed by atoms with Crippen LogP contribution in [-0.4, -0.2) is 19.5 Å². The Morgan fingerprint density at radius 3 is 2.14 bits per heavy atom. The van der Waals surface area contributed by atoms with Crippen LogP contribution in [0.5, 0.6) is 0 Å². The Labute approximate surface area is 318 Å². The van der Waals surface area contributed by atoms with Gasteiger partial charge < -0.3 is 4.42 Å². The van der Waals surface area contributed by atoms with Crippen LogP contribution >= 0.6 is 11.3 Å². The summed E-state index contributed by atoms with van der Waals surface area (Å²) in [7, 11) is 0. The molecule has 238 valence electrons. The third-order valence-corrected chi connectivity index (χ3v) is 9.79. The van der Waals surface area contributed by atoms with Gasteiger partial charge >= 0.3 is 0 Å². The first kappa shape index (κ1) is 16.9. The number of thiophene rings is 1. The van der Waals surface area contributed by atoms with Crippen molar-refractivity contribution in [3.63, 3.8) is 0 Å². The van der Waals surface area contributed by atoms with Gasteiger partial charge in [-0.05, 0) is 47.5 Å². The molecule has 4 aromatic heterocycles. The van der Waals surface area contributed by atoms with Crippen molar-refractivity contribution in [2.75, 3.05) is 0 Å². The predicted octanol–water partition coefficient (Wildman–Crippen LogP) is 12.2. The van der Waals surface area contributed by atoms with Gasteiger partial charge in [-0.1, -0.05) is 121 Å². The van der Waals surface area contributed by atoms with Crippen LogP contribution in [0.3, 0.4) is 0 Å². The molecule has 0 amide bonds. The summed E-state index contributed by atoms with van der Waals surface area (Å²) in [6.07, 6.45) is 0. The van der Waals surface area contributed by atoms with Crippen molar-refractivity contribution in [2.24, 2.45) is 0 Å². The molecule has 0 radical (unpaired) electrons. The van der Waals surface area contributed by atoms with Crippen molar-refractivity contribution >= 4 is 75.3 Å². The maximum atomic E-state index is 9.35. The van der Waals surface area contributed by atoms with Gasteiger partial charge in [-0.3, -0.25) is 4.57 Å². The molecule has 0 saturated carbocycles. The summed E-state index contributed by atoms with van der Waals surface area (Å²) in [5.41, 5.74) is 0.385. The second-order valence-electron chi connectivity index (χ2n) is 11.6. The Morgan fingerprint density at radius 2 is 1.24 bits per heavy atom. The second-order valence-corrected chi connectivity index (χ2v) is 12.6. The Kier molecular flexibility index (Phi) is 3.61. The molecule has 0 aliphatic carbocycles. The van der Waals surface area contributed by atoms with E-state index in [1.54, 1.807) is 16.7 Å². The number of hydrogen-bond donors (Lipinski definition) is 0. The van der Waals surface area contributed by atoms with E-state index in [2.05, 4.69) is 0 Å². The number of rotatable bonds is 4. The topological polar surface area (TPSA) is 56.7 Å². The molecule has 0 saturated heterocycles. The fraction of sp³-hybridized carbons (Fsp3) is 0. The zero-order valence-electron chi connectivity index (χ0n) is 41.9. The van der Waals surface area contributed by atoms with Gasteiger partial charge in [-0.25, -0.2) is 4.98 Å². The van der Waals surface area contributed by atoms with Gasteiger partial charge in [0.05, 0.1) is 38.4 Å². The van der Waals surface area contributed by atoms with Gasteiger partial charge in [0.25, 0.3) is 0 Å². The molecule has 6 heteroatoms. The summed E-state index contributed by atoms with van der Waals surface area (Å²) in [4.78, 5) is 14.4. The first-order valence-electron chi connectivity index (χ1n) is 23.6. The minimum Gasteiger partial charge on any atom is -0.455 e. The number of furan rings is 1. The molecular formula is C45H26N4OS. The third-order valence-electron chi connectivity index (χ3n) is 8.77. The molecule has 0 fully saturated rings. The van der Waals surface area contributed by atoms with Crippen molar-refractivity contribution in [3.8, 4) is 39.9 Å². The molecule has 11 aromatic rings. The zero-order chi connectivity index (χ0) is 47.4. The van der Waals surface area contributed by atoms with Gasteiger partial charge in [-0.2, -0.15) is 9.97 Å². The van der Waals surface area contributed by atoms with Crippen molar-refractivity contribution in [1.82, 2.24) is 19.5 Å². The Bertz CT molecular complexity index is 4030. The van der Waals surface area contributed by atoms with Crippen LogP contribution < -0.4 is 0 Å². The fourth-order valence-electron chi connectivity index (χ4n) is 6.59. The third kappa shape index (κ3) is 4.30. The summed E-state index contributed by atoms with van der Waals surface area (Å²) >= 11 is 0.839. The average Bonchev–Trinajstić information content (AvgIpc) is 4.01. The van der Waals surface area contributed by atoms with Crippen molar-refractivity contribution in [3.05, 3.63) is 157 Å². The molecule has 5 nitrogen and oxygen atoms in total. The molecule has 0 spiro atoms. The summed E-state index contributed by atoms with van der Waals surface area (Å²) in [5.74, 6) is -1.03. The van der Waals surface area contributed by atoms with Crippen molar-refractivity contribution < 1.29 is 26.3 Å². The number of nitrogens with zero attached hydrogens (tertiary/aromatic N) is 4. The van der Waals surface area contributed by atoms with Crippen LogP contribution in [0.2, 0.25) is 0 Å². The Morgan fingerprint density at radius 1 is 0.510 bits per heavy atom. The number of aromatic nitrogens is 4. The summed E-state index contributed by atoms with van der Waals surface area (Å²) < 4.78 is 149. The highest BCUT2D eigenvalue weighted by molar-refractivity contribution is 7.25. The average molecular weight is 687 g/mol. The molecule has 11 rings (SSSR count). The lowest BCUT2D eigenvalue weighted by molar-refractivity contribution is 0.673. The lowest BCUT2D eigenvalue weighted by Crippen LogP contribution is -2.06. The second kappa shape index (κ2) is 10.9. The molecule has 0 unspecified atom stereocenters. The minimum atomic E-state index is -0.780.